The van der Waals surface area contributed by atoms with Crippen molar-refractivity contribution in [3.05, 3.63) is 116 Å². The zero-order valence-corrected chi connectivity index (χ0v) is 23.8. The second kappa shape index (κ2) is 10.9. The number of hydrogen-bond acceptors (Lipinski definition) is 7. The number of aryl methyl sites for hydroxylation is 3. The molecule has 0 aliphatic carbocycles. The van der Waals surface area contributed by atoms with E-state index in [9.17, 15) is 14.4 Å². The summed E-state index contributed by atoms with van der Waals surface area (Å²) < 4.78 is 6.73. The average Bonchev–Trinajstić information content (AvgIpc) is 3.24. The minimum atomic E-state index is -1.09. The van der Waals surface area contributed by atoms with E-state index in [1.165, 1.54) is 21.9 Å². The first-order valence-electron chi connectivity index (χ1n) is 13.5. The third kappa shape index (κ3) is 5.18. The Balaban J connectivity index is 1.55. The average molecular weight is 552 g/mol. The van der Waals surface area contributed by atoms with Gasteiger partial charge in [-0.2, -0.15) is 0 Å². The molecule has 9 heteroatoms. The number of fused-ring (bicyclic) bond motifs is 1. The van der Waals surface area contributed by atoms with Gasteiger partial charge in [0.2, 0.25) is 0 Å². The molecule has 1 aliphatic rings. The number of carbonyl (C=O) groups is 2. The van der Waals surface area contributed by atoms with Crippen LogP contribution in [-0.2, 0) is 16.9 Å². The molecule has 4 aromatic rings. The number of anilines is 3. The van der Waals surface area contributed by atoms with E-state index in [-0.39, 0.29) is 23.8 Å². The van der Waals surface area contributed by atoms with E-state index in [1.807, 2.05) is 30.3 Å². The fourth-order valence-electron chi connectivity index (χ4n) is 5.12. The minimum absolute atomic E-state index is 0.186. The zero-order valence-electron chi connectivity index (χ0n) is 23.8. The highest BCUT2D eigenvalue weighted by Crippen LogP contribution is 2.32. The molecule has 1 unspecified atom stereocenters. The lowest BCUT2D eigenvalue weighted by Gasteiger charge is -2.28. The molecule has 0 saturated carbocycles. The molecule has 41 heavy (non-hydrogen) atoms. The predicted molar refractivity (Wildman–Crippen MR) is 159 cm³/mol. The lowest BCUT2D eigenvalue weighted by Crippen LogP contribution is -2.46. The van der Waals surface area contributed by atoms with Crippen molar-refractivity contribution >= 4 is 29.1 Å². The summed E-state index contributed by atoms with van der Waals surface area (Å²) >= 11 is 0. The molecule has 2 aromatic heterocycles. The molecule has 210 valence electrons. The molecule has 0 fully saturated rings. The standard InChI is InChI=1S/C32H33N5O4/c1-6-41-31(40)24-18-34-27(33-17-22-13-12-19(2)20(3)14-22)16-25(24)35-26-15-21(4)28-29(38)36-32(5,37(28)30(26)39)23-10-8-7-9-11-23/h7-16,18H,6,17H2,1-5H3,(H,36,38)(H2,33,34,35). The van der Waals surface area contributed by atoms with Crippen molar-refractivity contribution in [1.82, 2.24) is 14.9 Å². The van der Waals surface area contributed by atoms with E-state index < -0.39 is 17.2 Å². The van der Waals surface area contributed by atoms with E-state index in [0.29, 0.717) is 29.3 Å². The van der Waals surface area contributed by atoms with Crippen LogP contribution in [0.4, 0.5) is 17.2 Å². The maximum atomic E-state index is 14.0. The van der Waals surface area contributed by atoms with Crippen LogP contribution in [-0.4, -0.2) is 28.0 Å². The summed E-state index contributed by atoms with van der Waals surface area (Å²) in [6, 6.07) is 18.9. The van der Waals surface area contributed by atoms with Crippen molar-refractivity contribution in [2.24, 2.45) is 0 Å². The van der Waals surface area contributed by atoms with Gasteiger partial charge in [-0.05, 0) is 68.5 Å². The molecule has 0 spiro atoms. The van der Waals surface area contributed by atoms with Gasteiger partial charge in [0.1, 0.15) is 28.4 Å². The van der Waals surface area contributed by atoms with Crippen molar-refractivity contribution in [3.63, 3.8) is 0 Å². The Kier molecular flexibility index (Phi) is 7.36. The van der Waals surface area contributed by atoms with Gasteiger partial charge in [-0.1, -0.05) is 48.5 Å². The maximum Gasteiger partial charge on any atom is 0.341 e. The lowest BCUT2D eigenvalue weighted by molar-refractivity contribution is 0.0527. The van der Waals surface area contributed by atoms with Crippen molar-refractivity contribution in [1.29, 1.82) is 0 Å². The van der Waals surface area contributed by atoms with Gasteiger partial charge in [0.05, 0.1) is 12.3 Å². The normalized spacial score (nSPS) is 15.7. The van der Waals surface area contributed by atoms with E-state index in [4.69, 9.17) is 4.74 Å². The highest BCUT2D eigenvalue weighted by molar-refractivity contribution is 5.98. The molecule has 0 radical (unpaired) electrons. The number of nitrogens with one attached hydrogen (secondary N) is 3. The summed E-state index contributed by atoms with van der Waals surface area (Å²) in [6.07, 6.45) is 1.43. The van der Waals surface area contributed by atoms with Crippen molar-refractivity contribution in [2.75, 3.05) is 17.2 Å². The van der Waals surface area contributed by atoms with Gasteiger partial charge in [0, 0.05) is 18.8 Å². The number of esters is 1. The van der Waals surface area contributed by atoms with Crippen LogP contribution in [0, 0.1) is 20.8 Å². The zero-order chi connectivity index (χ0) is 29.3. The fourth-order valence-corrected chi connectivity index (χ4v) is 5.12. The number of nitrogens with zero attached hydrogens (tertiary/aromatic N) is 2. The third-order valence-corrected chi connectivity index (χ3v) is 7.46. The van der Waals surface area contributed by atoms with Crippen LogP contribution in [0.1, 0.15) is 62.5 Å². The van der Waals surface area contributed by atoms with Crippen molar-refractivity contribution in [3.8, 4) is 0 Å². The number of amides is 1. The molecule has 0 bridgehead atoms. The highest BCUT2D eigenvalue weighted by Gasteiger charge is 2.42. The Morgan fingerprint density at radius 1 is 0.976 bits per heavy atom. The first-order valence-corrected chi connectivity index (χ1v) is 13.5. The fraction of sp³-hybridized carbons (Fsp3) is 0.250. The molecule has 3 heterocycles. The van der Waals surface area contributed by atoms with Crippen LogP contribution in [0.3, 0.4) is 0 Å². The number of pyridine rings is 2. The first-order chi connectivity index (χ1) is 19.6. The van der Waals surface area contributed by atoms with Crippen LogP contribution < -0.4 is 21.5 Å². The molecule has 0 saturated heterocycles. The van der Waals surface area contributed by atoms with Gasteiger partial charge in [-0.3, -0.25) is 14.2 Å². The molecule has 1 atom stereocenters. The van der Waals surface area contributed by atoms with Gasteiger partial charge in [-0.15, -0.1) is 0 Å². The van der Waals surface area contributed by atoms with Crippen LogP contribution in [0.2, 0.25) is 0 Å². The van der Waals surface area contributed by atoms with Gasteiger partial charge < -0.3 is 20.7 Å². The second-order valence-electron chi connectivity index (χ2n) is 10.4. The van der Waals surface area contributed by atoms with Gasteiger partial charge in [0.25, 0.3) is 11.5 Å². The number of aromatic nitrogens is 2. The van der Waals surface area contributed by atoms with E-state index >= 15 is 0 Å². The Bertz CT molecular complexity index is 1710. The first kappa shape index (κ1) is 27.6. The smallest absolute Gasteiger partial charge is 0.341 e. The molecule has 9 nitrogen and oxygen atoms in total. The summed E-state index contributed by atoms with van der Waals surface area (Å²) in [7, 11) is 0. The van der Waals surface area contributed by atoms with E-state index in [2.05, 4.69) is 53.0 Å². The number of hydrogen-bond donors (Lipinski definition) is 3. The van der Waals surface area contributed by atoms with Crippen LogP contribution in [0.15, 0.2) is 71.7 Å². The maximum absolute atomic E-state index is 14.0. The van der Waals surface area contributed by atoms with Gasteiger partial charge in [-0.25, -0.2) is 9.78 Å². The molecule has 3 N–H and O–H groups in total. The Hall–Kier alpha value is -4.92. The van der Waals surface area contributed by atoms with Crippen LogP contribution in [0.25, 0.3) is 0 Å². The number of carbonyl (C=O) groups excluding carboxylic acids is 2. The topological polar surface area (TPSA) is 114 Å². The summed E-state index contributed by atoms with van der Waals surface area (Å²) in [5.74, 6) is -0.374. The Labute approximate surface area is 238 Å². The lowest BCUT2D eigenvalue weighted by atomic mass is 10.0. The van der Waals surface area contributed by atoms with Gasteiger partial charge in [0.15, 0.2) is 0 Å². The largest absolute Gasteiger partial charge is 0.462 e. The number of rotatable bonds is 8. The molecular formula is C32H33N5O4. The Morgan fingerprint density at radius 3 is 2.44 bits per heavy atom. The molecule has 1 amide bonds. The van der Waals surface area contributed by atoms with Crippen molar-refractivity contribution in [2.45, 2.75) is 46.8 Å². The quantitative estimate of drug-likeness (QED) is 0.259. The predicted octanol–water partition coefficient (Wildman–Crippen LogP) is 5.17. The van der Waals surface area contributed by atoms with E-state index in [0.717, 1.165) is 11.1 Å². The SMILES string of the molecule is CCOC(=O)c1cnc(NCc2ccc(C)c(C)c2)cc1Nc1cc(C)c2n(c1=O)C(C)(c1ccccc1)NC2=O. The molecular weight excluding hydrogens is 518 g/mol. The summed E-state index contributed by atoms with van der Waals surface area (Å²) in [5, 5.41) is 9.44. The summed E-state index contributed by atoms with van der Waals surface area (Å²) in [6.45, 7) is 10.1. The van der Waals surface area contributed by atoms with Gasteiger partial charge >= 0.3 is 5.97 Å². The summed E-state index contributed by atoms with van der Waals surface area (Å²) in [5.41, 5.74) is 4.43. The van der Waals surface area contributed by atoms with E-state index in [1.54, 1.807) is 32.9 Å². The highest BCUT2D eigenvalue weighted by atomic mass is 16.5. The number of ether oxygens (including phenoxy) is 1. The second-order valence-corrected chi connectivity index (χ2v) is 10.4. The summed E-state index contributed by atoms with van der Waals surface area (Å²) in [4.78, 5) is 44.2. The molecule has 5 rings (SSSR count). The van der Waals surface area contributed by atoms with Crippen LogP contribution in [0.5, 0.6) is 0 Å². The number of benzene rings is 2. The third-order valence-electron chi connectivity index (χ3n) is 7.46. The molecule has 1 aliphatic heterocycles. The Morgan fingerprint density at radius 2 is 1.73 bits per heavy atom. The van der Waals surface area contributed by atoms with Crippen molar-refractivity contribution < 1.29 is 14.3 Å². The van der Waals surface area contributed by atoms with Crippen LogP contribution >= 0.6 is 0 Å². The molecule has 2 aromatic carbocycles. The monoisotopic (exact) mass is 551 g/mol. The minimum Gasteiger partial charge on any atom is -0.462 e.